The summed E-state index contributed by atoms with van der Waals surface area (Å²) < 4.78 is 32.0. The summed E-state index contributed by atoms with van der Waals surface area (Å²) in [5.74, 6) is -1.68. The molecular formula is C60H66O11. The number of carbonyl (C=O) groups excluding carboxylic acids is 2. The molecule has 0 spiro atoms. The zero-order valence-electron chi connectivity index (χ0n) is 41.1. The summed E-state index contributed by atoms with van der Waals surface area (Å²) in [6, 6.07) is 40.9. The summed E-state index contributed by atoms with van der Waals surface area (Å²) in [5.41, 5.74) is 6.68. The largest absolute Gasteiger partial charge is 0.483 e. The molecule has 9 rings (SSSR count). The first kappa shape index (κ1) is 51.0. The van der Waals surface area contributed by atoms with E-state index in [4.69, 9.17) is 23.4 Å². The average Bonchev–Trinajstić information content (AvgIpc) is 3.36. The third-order valence-electron chi connectivity index (χ3n) is 14.3. The van der Waals surface area contributed by atoms with Crippen LogP contribution in [0.3, 0.4) is 0 Å². The zero-order chi connectivity index (χ0) is 49.9. The van der Waals surface area contributed by atoms with E-state index in [0.29, 0.717) is 55.9 Å². The number of ether oxygens (including phenoxy) is 4. The molecule has 5 atom stereocenters. The third-order valence-corrected chi connectivity index (χ3v) is 14.3. The Balaban J connectivity index is 1.23. The van der Waals surface area contributed by atoms with E-state index in [-0.39, 0.29) is 60.0 Å². The number of aliphatic hydroxyl groups is 3. The highest BCUT2D eigenvalue weighted by molar-refractivity contribution is 5.90. The van der Waals surface area contributed by atoms with Crippen molar-refractivity contribution in [3.63, 3.8) is 0 Å². The Morgan fingerprint density at radius 2 is 1.46 bits per heavy atom. The van der Waals surface area contributed by atoms with E-state index in [0.717, 1.165) is 35.1 Å². The van der Waals surface area contributed by atoms with Crippen LogP contribution in [0.1, 0.15) is 121 Å². The number of aryl methyl sites for hydroxylation is 3. The number of aliphatic hydroxyl groups excluding tert-OH is 3. The minimum Gasteiger partial charge on any atom is -0.483 e. The predicted octanol–water partition coefficient (Wildman–Crippen LogP) is 10.1. The van der Waals surface area contributed by atoms with Crippen LogP contribution in [0.5, 0.6) is 5.75 Å². The number of esters is 2. The van der Waals surface area contributed by atoms with Gasteiger partial charge in [0, 0.05) is 35.5 Å². The van der Waals surface area contributed by atoms with Gasteiger partial charge in [-0.2, -0.15) is 0 Å². The fourth-order valence-corrected chi connectivity index (χ4v) is 10.5. The lowest BCUT2D eigenvalue weighted by Crippen LogP contribution is -2.54. The molecule has 3 N–H and O–H groups in total. The Kier molecular flexibility index (Phi) is 17.0. The molecule has 11 heteroatoms. The van der Waals surface area contributed by atoms with Crippen LogP contribution in [-0.4, -0.2) is 59.0 Å². The maximum absolute atomic E-state index is 15.0. The van der Waals surface area contributed by atoms with E-state index in [2.05, 4.69) is 72.8 Å². The second-order valence-electron chi connectivity index (χ2n) is 19.6. The summed E-state index contributed by atoms with van der Waals surface area (Å²) >= 11 is 0. The van der Waals surface area contributed by atoms with Crippen LogP contribution >= 0.6 is 0 Å². The maximum Gasteiger partial charge on any atom is 0.340 e. The van der Waals surface area contributed by atoms with Gasteiger partial charge in [0.25, 0.3) is 0 Å². The molecule has 0 unspecified atom stereocenters. The minimum absolute atomic E-state index is 0.0135. The smallest absolute Gasteiger partial charge is 0.340 e. The summed E-state index contributed by atoms with van der Waals surface area (Å²) in [6.07, 6.45) is 3.17. The molecule has 11 nitrogen and oxygen atoms in total. The number of allylic oxidation sites excluding steroid dienone is 1. The predicted molar refractivity (Wildman–Crippen MR) is 272 cm³/mol. The van der Waals surface area contributed by atoms with Crippen LogP contribution in [0.15, 0.2) is 142 Å². The van der Waals surface area contributed by atoms with Gasteiger partial charge >= 0.3 is 17.6 Å². The minimum atomic E-state index is -1.31. The molecule has 372 valence electrons. The molecule has 0 radical (unpaired) electrons. The molecule has 2 bridgehead atoms. The highest BCUT2D eigenvalue weighted by atomic mass is 16.6. The highest BCUT2D eigenvalue weighted by Crippen LogP contribution is 2.49. The Bertz CT molecular complexity index is 2850. The van der Waals surface area contributed by atoms with E-state index < -0.39 is 54.7 Å². The summed E-state index contributed by atoms with van der Waals surface area (Å²) in [7, 11) is 0. The molecule has 4 heterocycles. The van der Waals surface area contributed by atoms with Gasteiger partial charge in [-0.05, 0) is 142 Å². The van der Waals surface area contributed by atoms with Crippen LogP contribution < -0.4 is 10.4 Å². The van der Waals surface area contributed by atoms with E-state index >= 15 is 0 Å². The molecule has 5 aromatic carbocycles. The van der Waals surface area contributed by atoms with Gasteiger partial charge in [0.2, 0.25) is 0 Å². The van der Waals surface area contributed by atoms with E-state index in [9.17, 15) is 29.7 Å². The van der Waals surface area contributed by atoms with Crippen molar-refractivity contribution in [1.29, 1.82) is 0 Å². The number of hydrogen-bond donors (Lipinski definition) is 3. The molecule has 0 saturated heterocycles. The Labute approximate surface area is 416 Å². The second kappa shape index (κ2) is 23.7. The standard InChI is InChI=1S/C60H66O11/c1-39(2)48-26-25-41-19-21-44(22-20-41)34-46(24-23-43-16-10-17-45(33-43)32-42-14-8-5-9-15-42)35-52(64)68-56-54-51(71-60(3,57(56)70-58(48)65)30-11-18-40-12-6-4-7-13-40)28-27-49-50(36-62)53(59(66)69-55(49)54)47(29-31-61)37-67-38-63/h4-10,12-17,19-22,27-28,33,46-47,56-57,61-63H,11,18,23-26,29-32,34-38H2,1-3H3/t46-,47-,56-,57+,60+/m1/s1. The quantitative estimate of drug-likeness (QED) is 0.0366. The Morgan fingerprint density at radius 3 is 2.17 bits per heavy atom. The molecule has 1 aromatic heterocycles. The first-order chi connectivity index (χ1) is 34.5. The Morgan fingerprint density at radius 1 is 0.761 bits per heavy atom. The van der Waals surface area contributed by atoms with Crippen molar-refractivity contribution in [2.75, 3.05) is 20.0 Å². The van der Waals surface area contributed by atoms with Crippen LogP contribution in [0, 0.1) is 5.92 Å². The monoisotopic (exact) mass is 962 g/mol. The average molecular weight is 963 g/mol. The number of hydrogen-bond acceptors (Lipinski definition) is 11. The molecule has 3 aliphatic rings. The SMILES string of the molecule is CC(C)=C1CCc2ccc(cc2)C[C@@H](CCc2cccc(Cc3ccccc3)c2)CC(=O)O[C@@H]2c3c(ccc4c(CO)c([C@H](CCO)COCO)c(=O)oc34)O[C@@](C)(CCCc3ccccc3)[C@H]2OC1=O. The van der Waals surface area contributed by atoms with Gasteiger partial charge in [0.15, 0.2) is 12.2 Å². The highest BCUT2D eigenvalue weighted by Gasteiger charge is 2.53. The first-order valence-electron chi connectivity index (χ1n) is 25.0. The van der Waals surface area contributed by atoms with Gasteiger partial charge in [-0.15, -0.1) is 0 Å². The molecule has 0 fully saturated rings. The van der Waals surface area contributed by atoms with Gasteiger partial charge in [-0.3, -0.25) is 4.79 Å². The number of carbonyl (C=O) groups is 2. The van der Waals surface area contributed by atoms with Crippen LogP contribution in [0.4, 0.5) is 0 Å². The molecule has 0 saturated carbocycles. The summed E-state index contributed by atoms with van der Waals surface area (Å²) in [5, 5.41) is 30.8. The lowest BCUT2D eigenvalue weighted by Gasteiger charge is -2.45. The maximum atomic E-state index is 15.0. The third kappa shape index (κ3) is 12.4. The topological polar surface area (TPSA) is 162 Å². The lowest BCUT2D eigenvalue weighted by molar-refractivity contribution is -0.192. The van der Waals surface area contributed by atoms with Crippen molar-refractivity contribution < 1.29 is 48.3 Å². The number of rotatable bonds is 16. The molecular weight excluding hydrogens is 897 g/mol. The zero-order valence-corrected chi connectivity index (χ0v) is 41.1. The lowest BCUT2D eigenvalue weighted by atomic mass is 9.81. The number of fused-ring (bicyclic) bond motifs is 13. The van der Waals surface area contributed by atoms with Crippen LogP contribution in [0.2, 0.25) is 0 Å². The van der Waals surface area contributed by atoms with E-state index in [1.165, 1.54) is 16.7 Å². The summed E-state index contributed by atoms with van der Waals surface area (Å²) in [6.45, 7) is 4.03. The normalized spacial score (nSPS) is 19.9. The molecule has 0 aliphatic carbocycles. The Hall–Kier alpha value is -6.37. The van der Waals surface area contributed by atoms with Crippen LogP contribution in [-0.2, 0) is 62.5 Å². The van der Waals surface area contributed by atoms with Gasteiger partial charge in [0.1, 0.15) is 23.7 Å². The second-order valence-corrected chi connectivity index (χ2v) is 19.6. The van der Waals surface area contributed by atoms with E-state index in [1.54, 1.807) is 12.1 Å². The molecule has 3 aliphatic heterocycles. The first-order valence-corrected chi connectivity index (χ1v) is 25.0. The molecule has 0 amide bonds. The fourth-order valence-electron chi connectivity index (χ4n) is 10.5. The van der Waals surface area contributed by atoms with Crippen molar-refractivity contribution in [3.05, 3.63) is 193 Å². The summed E-state index contributed by atoms with van der Waals surface area (Å²) in [4.78, 5) is 44.1. The molecule has 71 heavy (non-hydrogen) atoms. The van der Waals surface area contributed by atoms with Crippen LogP contribution in [0.25, 0.3) is 11.0 Å². The van der Waals surface area contributed by atoms with Crippen molar-refractivity contribution in [2.24, 2.45) is 5.92 Å². The van der Waals surface area contributed by atoms with Gasteiger partial charge in [0.05, 0.1) is 18.8 Å². The van der Waals surface area contributed by atoms with Crippen molar-refractivity contribution in [3.8, 4) is 5.75 Å². The van der Waals surface area contributed by atoms with Crippen molar-refractivity contribution >= 4 is 22.9 Å². The van der Waals surface area contributed by atoms with Crippen molar-refractivity contribution in [2.45, 2.75) is 122 Å². The van der Waals surface area contributed by atoms with Gasteiger partial charge in [-0.25, -0.2) is 9.59 Å². The number of benzene rings is 5. The van der Waals surface area contributed by atoms with E-state index in [1.807, 2.05) is 57.2 Å². The van der Waals surface area contributed by atoms with Crippen molar-refractivity contribution in [1.82, 2.24) is 0 Å². The van der Waals surface area contributed by atoms with Gasteiger partial charge < -0.3 is 38.7 Å². The molecule has 6 aromatic rings. The van der Waals surface area contributed by atoms with Gasteiger partial charge in [-0.1, -0.05) is 115 Å². The fraction of sp³-hybridized carbons (Fsp3) is 0.383.